The van der Waals surface area contributed by atoms with Crippen LogP contribution >= 0.6 is 11.8 Å². The number of ether oxygens (including phenoxy) is 1. The van der Waals surface area contributed by atoms with Crippen LogP contribution in [-0.4, -0.2) is 21.9 Å². The van der Waals surface area contributed by atoms with Gasteiger partial charge in [0.05, 0.1) is 12.8 Å². The van der Waals surface area contributed by atoms with Gasteiger partial charge in [-0.25, -0.2) is 22.0 Å². The lowest BCUT2D eigenvalue weighted by Gasteiger charge is -2.09. The first kappa shape index (κ1) is 18.2. The van der Waals surface area contributed by atoms with Crippen LogP contribution in [0.1, 0.15) is 5.56 Å². The molecular formula is C16H10F5N3OS. The van der Waals surface area contributed by atoms with Crippen molar-refractivity contribution < 1.29 is 26.7 Å². The molecule has 0 aliphatic rings. The number of benzene rings is 2. The van der Waals surface area contributed by atoms with Crippen molar-refractivity contribution in [3.05, 3.63) is 65.2 Å². The van der Waals surface area contributed by atoms with Crippen molar-refractivity contribution in [1.29, 1.82) is 0 Å². The summed E-state index contributed by atoms with van der Waals surface area (Å²) in [5.41, 5.74) is -0.319. The smallest absolute Gasteiger partial charge is 0.200 e. The van der Waals surface area contributed by atoms with Gasteiger partial charge in [0.15, 0.2) is 28.4 Å². The molecular weight excluding hydrogens is 377 g/mol. The molecule has 3 aromatic rings. The molecule has 0 fully saturated rings. The van der Waals surface area contributed by atoms with E-state index < -0.39 is 40.4 Å². The van der Waals surface area contributed by atoms with Gasteiger partial charge in [-0.1, -0.05) is 17.8 Å². The van der Waals surface area contributed by atoms with Gasteiger partial charge in [-0.2, -0.15) is 0 Å². The molecule has 2 aromatic carbocycles. The van der Waals surface area contributed by atoms with Crippen LogP contribution in [0.15, 0.2) is 35.7 Å². The highest BCUT2D eigenvalue weighted by molar-refractivity contribution is 7.98. The molecule has 0 N–H and O–H groups in total. The largest absolute Gasteiger partial charge is 0.497 e. The normalized spacial score (nSPS) is 11.0. The van der Waals surface area contributed by atoms with Gasteiger partial charge in [0.2, 0.25) is 5.82 Å². The van der Waals surface area contributed by atoms with Gasteiger partial charge in [0.1, 0.15) is 12.1 Å². The summed E-state index contributed by atoms with van der Waals surface area (Å²) in [6, 6.07) is 6.82. The zero-order valence-electron chi connectivity index (χ0n) is 13.1. The van der Waals surface area contributed by atoms with Gasteiger partial charge in [-0.3, -0.25) is 4.57 Å². The van der Waals surface area contributed by atoms with Crippen molar-refractivity contribution in [2.24, 2.45) is 0 Å². The molecule has 1 heterocycles. The predicted molar refractivity (Wildman–Crippen MR) is 83.7 cm³/mol. The Morgan fingerprint density at radius 2 is 1.65 bits per heavy atom. The van der Waals surface area contributed by atoms with Crippen LogP contribution in [0.2, 0.25) is 0 Å². The quantitative estimate of drug-likeness (QED) is 0.284. The summed E-state index contributed by atoms with van der Waals surface area (Å²) in [4.78, 5) is 0. The number of methoxy groups -OCH3 is 1. The van der Waals surface area contributed by atoms with Crippen LogP contribution in [-0.2, 0) is 5.75 Å². The number of halogens is 5. The first-order chi connectivity index (χ1) is 12.4. The summed E-state index contributed by atoms with van der Waals surface area (Å²) in [6.45, 7) is 0. The van der Waals surface area contributed by atoms with Gasteiger partial charge >= 0.3 is 0 Å². The zero-order valence-corrected chi connectivity index (χ0v) is 14.0. The SMILES string of the molecule is COc1cccc(-n2cnnc2SCc2c(F)c(F)c(F)c(F)c2F)c1. The molecule has 4 nitrogen and oxygen atoms in total. The molecule has 0 radical (unpaired) electrons. The predicted octanol–water partition coefficient (Wildman–Crippen LogP) is 4.26. The van der Waals surface area contributed by atoms with Crippen molar-refractivity contribution in [3.8, 4) is 11.4 Å². The van der Waals surface area contributed by atoms with Gasteiger partial charge in [0.25, 0.3) is 0 Å². The van der Waals surface area contributed by atoms with Crippen LogP contribution < -0.4 is 4.74 Å². The van der Waals surface area contributed by atoms with E-state index in [-0.39, 0.29) is 5.16 Å². The molecule has 0 saturated heterocycles. The van der Waals surface area contributed by atoms with E-state index in [1.165, 1.54) is 18.0 Å². The van der Waals surface area contributed by atoms with Crippen LogP contribution in [0.3, 0.4) is 0 Å². The monoisotopic (exact) mass is 387 g/mol. The molecule has 0 bridgehead atoms. The molecule has 10 heteroatoms. The molecule has 0 aliphatic carbocycles. The summed E-state index contributed by atoms with van der Waals surface area (Å²) in [5.74, 6) is -9.82. The molecule has 0 atom stereocenters. The Morgan fingerprint density at radius 1 is 1.00 bits per heavy atom. The molecule has 0 spiro atoms. The molecule has 1 aromatic heterocycles. The molecule has 0 aliphatic heterocycles. The summed E-state index contributed by atoms with van der Waals surface area (Å²) < 4.78 is 73.8. The van der Waals surface area contributed by atoms with Crippen LogP contribution in [0, 0.1) is 29.1 Å². The summed E-state index contributed by atoms with van der Waals surface area (Å²) in [7, 11) is 1.49. The number of aromatic nitrogens is 3. The van der Waals surface area contributed by atoms with E-state index >= 15 is 0 Å². The second-order valence-electron chi connectivity index (χ2n) is 5.02. The van der Waals surface area contributed by atoms with E-state index in [1.807, 2.05) is 0 Å². The van der Waals surface area contributed by atoms with E-state index in [1.54, 1.807) is 24.3 Å². The van der Waals surface area contributed by atoms with Crippen molar-refractivity contribution in [1.82, 2.24) is 14.8 Å². The fourth-order valence-electron chi connectivity index (χ4n) is 2.17. The molecule has 0 saturated carbocycles. The highest BCUT2D eigenvalue weighted by Gasteiger charge is 2.26. The Morgan fingerprint density at radius 3 is 2.31 bits per heavy atom. The number of rotatable bonds is 5. The summed E-state index contributed by atoms with van der Waals surface area (Å²) >= 11 is 0.779. The Labute approximate surface area is 148 Å². The maximum Gasteiger partial charge on any atom is 0.200 e. The highest BCUT2D eigenvalue weighted by Crippen LogP contribution is 2.30. The van der Waals surface area contributed by atoms with E-state index in [4.69, 9.17) is 4.74 Å². The Kier molecular flexibility index (Phi) is 5.12. The molecule has 0 unspecified atom stereocenters. The van der Waals surface area contributed by atoms with E-state index in [0.29, 0.717) is 11.4 Å². The Hall–Kier alpha value is -2.62. The molecule has 136 valence electrons. The van der Waals surface area contributed by atoms with Gasteiger partial charge < -0.3 is 4.74 Å². The summed E-state index contributed by atoms with van der Waals surface area (Å²) in [5, 5.41) is 7.74. The van der Waals surface area contributed by atoms with Crippen LogP contribution in [0.5, 0.6) is 5.75 Å². The van der Waals surface area contributed by atoms with Crippen molar-refractivity contribution in [2.75, 3.05) is 7.11 Å². The first-order valence-electron chi connectivity index (χ1n) is 7.11. The topological polar surface area (TPSA) is 39.9 Å². The standard InChI is InChI=1S/C16H10F5N3OS/c1-25-9-4-2-3-8(5-9)24-7-22-23-16(24)26-6-10-11(17)13(19)15(21)14(20)12(10)18/h2-5,7H,6H2,1H3. The number of hydrogen-bond acceptors (Lipinski definition) is 4. The van der Waals surface area contributed by atoms with E-state index in [0.717, 1.165) is 11.8 Å². The third-order valence-corrected chi connectivity index (χ3v) is 4.46. The molecule has 26 heavy (non-hydrogen) atoms. The van der Waals surface area contributed by atoms with Gasteiger partial charge in [-0.05, 0) is 12.1 Å². The minimum Gasteiger partial charge on any atom is -0.497 e. The lowest BCUT2D eigenvalue weighted by molar-refractivity contribution is 0.372. The minimum absolute atomic E-state index is 0.210. The third kappa shape index (κ3) is 3.24. The van der Waals surface area contributed by atoms with Crippen LogP contribution in [0.4, 0.5) is 22.0 Å². The first-order valence-corrected chi connectivity index (χ1v) is 8.10. The number of thioether (sulfide) groups is 1. The maximum atomic E-state index is 13.8. The number of hydrogen-bond donors (Lipinski definition) is 0. The van der Waals surface area contributed by atoms with Crippen molar-refractivity contribution in [3.63, 3.8) is 0 Å². The third-order valence-electron chi connectivity index (χ3n) is 3.49. The van der Waals surface area contributed by atoms with Gasteiger partial charge in [0, 0.05) is 17.4 Å². The van der Waals surface area contributed by atoms with E-state index in [2.05, 4.69) is 10.2 Å². The fraction of sp³-hybridized carbons (Fsp3) is 0.125. The lowest BCUT2D eigenvalue weighted by atomic mass is 10.2. The second kappa shape index (κ2) is 7.32. The Balaban J connectivity index is 1.90. The van der Waals surface area contributed by atoms with Crippen molar-refractivity contribution >= 4 is 11.8 Å². The zero-order chi connectivity index (χ0) is 18.8. The second-order valence-corrected chi connectivity index (χ2v) is 5.96. The molecule has 0 amide bonds. The Bertz CT molecular complexity index is 934. The van der Waals surface area contributed by atoms with Crippen molar-refractivity contribution in [2.45, 2.75) is 10.9 Å². The van der Waals surface area contributed by atoms with E-state index in [9.17, 15) is 22.0 Å². The average Bonchev–Trinajstić information content (AvgIpc) is 3.13. The average molecular weight is 387 g/mol. The molecule has 3 rings (SSSR count). The maximum absolute atomic E-state index is 13.8. The highest BCUT2D eigenvalue weighted by atomic mass is 32.2. The minimum atomic E-state index is -2.19. The fourth-order valence-corrected chi connectivity index (χ4v) is 3.10. The number of nitrogens with zero attached hydrogens (tertiary/aromatic N) is 3. The van der Waals surface area contributed by atoms with Gasteiger partial charge in [-0.15, -0.1) is 10.2 Å². The van der Waals surface area contributed by atoms with Crippen LogP contribution in [0.25, 0.3) is 5.69 Å². The summed E-state index contributed by atoms with van der Waals surface area (Å²) in [6.07, 6.45) is 1.36. The lowest BCUT2D eigenvalue weighted by Crippen LogP contribution is -2.06.